The molecule has 0 aliphatic carbocycles. The first-order valence-corrected chi connectivity index (χ1v) is 4.36. The minimum atomic E-state index is 0.565. The van der Waals surface area contributed by atoms with Crippen molar-refractivity contribution >= 4 is 5.96 Å². The Bertz CT molecular complexity index is 153. The fraction of sp³-hybridized carbons (Fsp3) is 0.875. The predicted octanol–water partition coefficient (Wildman–Crippen LogP) is 0.805. The molecule has 1 rings (SSSR count). The highest BCUT2D eigenvalue weighted by molar-refractivity contribution is 5.80. The van der Waals surface area contributed by atoms with Crippen molar-refractivity contribution in [2.75, 3.05) is 13.1 Å². The molecule has 1 unspecified atom stereocenters. The third-order valence-electron chi connectivity index (χ3n) is 2.13. The quantitative estimate of drug-likeness (QED) is 0.655. The molecule has 11 heavy (non-hydrogen) atoms. The van der Waals surface area contributed by atoms with Gasteiger partial charge < -0.3 is 10.6 Å². The van der Waals surface area contributed by atoms with E-state index in [-0.39, 0.29) is 0 Å². The molecule has 0 aromatic heterocycles. The van der Waals surface area contributed by atoms with E-state index >= 15 is 0 Å². The number of guanidine groups is 1. The molecule has 64 valence electrons. The van der Waals surface area contributed by atoms with Crippen LogP contribution in [0.1, 0.15) is 26.7 Å². The predicted molar refractivity (Wildman–Crippen MR) is 47.6 cm³/mol. The second kappa shape index (κ2) is 3.60. The zero-order valence-electron chi connectivity index (χ0n) is 7.38. The van der Waals surface area contributed by atoms with Crippen molar-refractivity contribution in [2.24, 2.45) is 10.7 Å². The Kier molecular flexibility index (Phi) is 2.74. The second-order valence-corrected chi connectivity index (χ2v) is 2.95. The van der Waals surface area contributed by atoms with Crippen LogP contribution in [0.15, 0.2) is 4.99 Å². The molecule has 0 bridgehead atoms. The Balaban J connectivity index is 2.49. The molecule has 0 aromatic rings. The lowest BCUT2D eigenvalue weighted by Crippen LogP contribution is -2.40. The summed E-state index contributed by atoms with van der Waals surface area (Å²) >= 11 is 0. The standard InChI is InChI=1S/C8H17N3/c1-3-5-11-7(4-2)6-10-8(11)9/h7H,3-6H2,1-2H3,(H2,9,10). The summed E-state index contributed by atoms with van der Waals surface area (Å²) in [7, 11) is 0. The Morgan fingerprint density at radius 3 is 2.91 bits per heavy atom. The van der Waals surface area contributed by atoms with E-state index in [2.05, 4.69) is 23.7 Å². The van der Waals surface area contributed by atoms with Gasteiger partial charge in [0.05, 0.1) is 12.6 Å². The van der Waals surface area contributed by atoms with Crippen LogP contribution in [0, 0.1) is 0 Å². The van der Waals surface area contributed by atoms with E-state index in [0.29, 0.717) is 6.04 Å². The summed E-state index contributed by atoms with van der Waals surface area (Å²) in [6, 6.07) is 0.565. The molecule has 0 saturated carbocycles. The van der Waals surface area contributed by atoms with E-state index in [0.717, 1.165) is 31.9 Å². The van der Waals surface area contributed by atoms with Crippen molar-refractivity contribution in [3.8, 4) is 0 Å². The maximum atomic E-state index is 5.71. The smallest absolute Gasteiger partial charge is 0.191 e. The van der Waals surface area contributed by atoms with Crippen molar-refractivity contribution in [3.05, 3.63) is 0 Å². The normalized spacial score (nSPS) is 24.0. The van der Waals surface area contributed by atoms with Crippen molar-refractivity contribution in [1.82, 2.24) is 4.90 Å². The van der Waals surface area contributed by atoms with E-state index in [1.165, 1.54) is 0 Å². The van der Waals surface area contributed by atoms with Crippen molar-refractivity contribution in [3.63, 3.8) is 0 Å². The molecule has 0 aromatic carbocycles. The molecule has 2 N–H and O–H groups in total. The van der Waals surface area contributed by atoms with Crippen LogP contribution in [0.2, 0.25) is 0 Å². The van der Waals surface area contributed by atoms with Crippen LogP contribution in [0.25, 0.3) is 0 Å². The van der Waals surface area contributed by atoms with Gasteiger partial charge in [-0.15, -0.1) is 0 Å². The van der Waals surface area contributed by atoms with Gasteiger partial charge in [0.1, 0.15) is 0 Å². The van der Waals surface area contributed by atoms with E-state index in [1.54, 1.807) is 0 Å². The van der Waals surface area contributed by atoms with Crippen LogP contribution in [0.3, 0.4) is 0 Å². The van der Waals surface area contributed by atoms with E-state index in [9.17, 15) is 0 Å². The van der Waals surface area contributed by atoms with E-state index < -0.39 is 0 Å². The van der Waals surface area contributed by atoms with Gasteiger partial charge in [0, 0.05) is 6.54 Å². The topological polar surface area (TPSA) is 41.6 Å². The maximum Gasteiger partial charge on any atom is 0.191 e. The molecule has 3 heteroatoms. The minimum Gasteiger partial charge on any atom is -0.370 e. The van der Waals surface area contributed by atoms with Gasteiger partial charge in [-0.1, -0.05) is 13.8 Å². The summed E-state index contributed by atoms with van der Waals surface area (Å²) in [6.45, 7) is 6.29. The number of hydrogen-bond acceptors (Lipinski definition) is 3. The summed E-state index contributed by atoms with van der Waals surface area (Å²) in [5.74, 6) is 0.735. The third-order valence-corrected chi connectivity index (χ3v) is 2.13. The zero-order valence-corrected chi connectivity index (χ0v) is 7.38. The third kappa shape index (κ3) is 1.64. The largest absolute Gasteiger partial charge is 0.370 e. The van der Waals surface area contributed by atoms with Gasteiger partial charge in [0.15, 0.2) is 5.96 Å². The zero-order chi connectivity index (χ0) is 8.27. The summed E-state index contributed by atoms with van der Waals surface area (Å²) in [4.78, 5) is 6.42. The monoisotopic (exact) mass is 155 g/mol. The average Bonchev–Trinajstić information content (AvgIpc) is 2.34. The lowest BCUT2D eigenvalue weighted by molar-refractivity contribution is 0.332. The number of rotatable bonds is 3. The highest BCUT2D eigenvalue weighted by Crippen LogP contribution is 2.11. The first-order valence-electron chi connectivity index (χ1n) is 4.36. The maximum absolute atomic E-state index is 5.71. The highest BCUT2D eigenvalue weighted by Gasteiger charge is 2.22. The molecule has 1 aliphatic heterocycles. The molecule has 1 heterocycles. The van der Waals surface area contributed by atoms with Gasteiger partial charge >= 0.3 is 0 Å². The first kappa shape index (κ1) is 8.37. The van der Waals surface area contributed by atoms with Crippen LogP contribution < -0.4 is 5.73 Å². The first-order chi connectivity index (χ1) is 5.29. The molecule has 1 atom stereocenters. The van der Waals surface area contributed by atoms with Crippen LogP contribution in [0.4, 0.5) is 0 Å². The van der Waals surface area contributed by atoms with E-state index in [4.69, 9.17) is 5.73 Å². The van der Waals surface area contributed by atoms with Crippen molar-refractivity contribution < 1.29 is 0 Å². The molecule has 0 fully saturated rings. The number of nitrogens with zero attached hydrogens (tertiary/aromatic N) is 2. The number of aliphatic imine (C=N–C) groups is 1. The van der Waals surface area contributed by atoms with Crippen LogP contribution in [-0.4, -0.2) is 30.0 Å². The van der Waals surface area contributed by atoms with Crippen LogP contribution in [-0.2, 0) is 0 Å². The van der Waals surface area contributed by atoms with Gasteiger partial charge in [-0.3, -0.25) is 4.99 Å². The molecule has 0 amide bonds. The second-order valence-electron chi connectivity index (χ2n) is 2.95. The average molecular weight is 155 g/mol. The fourth-order valence-electron chi connectivity index (χ4n) is 1.46. The summed E-state index contributed by atoms with van der Waals surface area (Å²) in [6.07, 6.45) is 2.29. The minimum absolute atomic E-state index is 0.565. The summed E-state index contributed by atoms with van der Waals surface area (Å²) in [5.41, 5.74) is 5.71. The van der Waals surface area contributed by atoms with Gasteiger partial charge in [0.2, 0.25) is 0 Å². The highest BCUT2D eigenvalue weighted by atomic mass is 15.3. The SMILES string of the molecule is CCCN1C(N)=NCC1CC. The lowest BCUT2D eigenvalue weighted by atomic mass is 10.2. The van der Waals surface area contributed by atoms with E-state index in [1.807, 2.05) is 0 Å². The Morgan fingerprint density at radius 2 is 2.36 bits per heavy atom. The Hall–Kier alpha value is -0.730. The molecule has 3 nitrogen and oxygen atoms in total. The summed E-state index contributed by atoms with van der Waals surface area (Å²) in [5, 5.41) is 0. The summed E-state index contributed by atoms with van der Waals surface area (Å²) < 4.78 is 0. The van der Waals surface area contributed by atoms with Crippen LogP contribution in [0.5, 0.6) is 0 Å². The molecule has 0 radical (unpaired) electrons. The lowest BCUT2D eigenvalue weighted by Gasteiger charge is -2.24. The molecule has 1 aliphatic rings. The van der Waals surface area contributed by atoms with Gasteiger partial charge in [-0.05, 0) is 12.8 Å². The molecule has 0 spiro atoms. The number of hydrogen-bond donors (Lipinski definition) is 1. The Morgan fingerprint density at radius 1 is 1.64 bits per heavy atom. The van der Waals surface area contributed by atoms with Crippen molar-refractivity contribution in [2.45, 2.75) is 32.7 Å². The van der Waals surface area contributed by atoms with Crippen LogP contribution >= 0.6 is 0 Å². The van der Waals surface area contributed by atoms with Crippen molar-refractivity contribution in [1.29, 1.82) is 0 Å². The molecule has 0 saturated heterocycles. The fourth-order valence-corrected chi connectivity index (χ4v) is 1.46. The number of nitrogens with two attached hydrogens (primary N) is 1. The molecular formula is C8H17N3. The molecular weight excluding hydrogens is 138 g/mol. The van der Waals surface area contributed by atoms with Gasteiger partial charge in [-0.25, -0.2) is 0 Å². The van der Waals surface area contributed by atoms with Gasteiger partial charge in [0.25, 0.3) is 0 Å². The van der Waals surface area contributed by atoms with Gasteiger partial charge in [-0.2, -0.15) is 0 Å². The Labute approximate surface area is 68.3 Å².